The van der Waals surface area contributed by atoms with Crippen LogP contribution in [0.25, 0.3) is 0 Å². The molecule has 0 bridgehead atoms. The molecular weight excluding hydrogens is 200 g/mol. The van der Waals surface area contributed by atoms with Gasteiger partial charge in [0.15, 0.2) is 5.78 Å². The summed E-state index contributed by atoms with van der Waals surface area (Å²) in [5, 5.41) is 0. The number of aryl methyl sites for hydroxylation is 1. The van der Waals surface area contributed by atoms with Crippen LogP contribution in [0.5, 0.6) is 0 Å². The zero-order chi connectivity index (χ0) is 12.0. The number of ketones is 1. The first-order valence-electron chi connectivity index (χ1n) is 5.83. The van der Waals surface area contributed by atoms with E-state index in [-0.39, 0.29) is 12.4 Å². The van der Waals surface area contributed by atoms with Crippen LogP contribution in [0.1, 0.15) is 36.7 Å². The average Bonchev–Trinajstić information content (AvgIpc) is 2.28. The Morgan fingerprint density at radius 1 is 1.25 bits per heavy atom. The molecule has 16 heavy (non-hydrogen) atoms. The second kappa shape index (κ2) is 6.44. The Bertz CT molecular complexity index is 325. The number of hydrogen-bond donors (Lipinski definition) is 0. The van der Waals surface area contributed by atoms with Gasteiger partial charge < -0.3 is 4.74 Å². The molecule has 0 N–H and O–H groups in total. The van der Waals surface area contributed by atoms with Gasteiger partial charge in [-0.3, -0.25) is 4.79 Å². The van der Waals surface area contributed by atoms with Crippen molar-refractivity contribution in [2.45, 2.75) is 27.2 Å². The van der Waals surface area contributed by atoms with Gasteiger partial charge in [-0.2, -0.15) is 0 Å². The summed E-state index contributed by atoms with van der Waals surface area (Å²) < 4.78 is 5.32. The monoisotopic (exact) mass is 220 g/mol. The zero-order valence-electron chi connectivity index (χ0n) is 10.3. The van der Waals surface area contributed by atoms with Gasteiger partial charge in [-0.25, -0.2) is 0 Å². The minimum Gasteiger partial charge on any atom is -0.373 e. The molecule has 0 radical (unpaired) electrons. The molecule has 0 aliphatic heterocycles. The van der Waals surface area contributed by atoms with Gasteiger partial charge in [-0.1, -0.05) is 45.0 Å². The summed E-state index contributed by atoms with van der Waals surface area (Å²) >= 11 is 0. The third kappa shape index (κ3) is 4.15. The lowest BCUT2D eigenvalue weighted by Gasteiger charge is -2.06. The summed E-state index contributed by atoms with van der Waals surface area (Å²) in [6.07, 6.45) is 0.998. The van der Waals surface area contributed by atoms with Gasteiger partial charge in [0, 0.05) is 12.2 Å². The Balaban J connectivity index is 2.46. The second-order valence-electron chi connectivity index (χ2n) is 4.38. The predicted molar refractivity (Wildman–Crippen MR) is 65.8 cm³/mol. The van der Waals surface area contributed by atoms with Gasteiger partial charge in [0.2, 0.25) is 0 Å². The van der Waals surface area contributed by atoms with E-state index < -0.39 is 0 Å². The van der Waals surface area contributed by atoms with Gasteiger partial charge >= 0.3 is 0 Å². The maximum atomic E-state index is 11.7. The summed E-state index contributed by atoms with van der Waals surface area (Å²) in [4.78, 5) is 11.7. The lowest BCUT2D eigenvalue weighted by atomic mass is 10.1. The summed E-state index contributed by atoms with van der Waals surface area (Å²) in [7, 11) is 0. The van der Waals surface area contributed by atoms with Crippen LogP contribution >= 0.6 is 0 Å². The normalized spacial score (nSPS) is 10.8. The summed E-state index contributed by atoms with van der Waals surface area (Å²) in [5.74, 6) is 0.526. The van der Waals surface area contributed by atoms with Gasteiger partial charge in [0.05, 0.1) is 0 Å². The van der Waals surface area contributed by atoms with Crippen molar-refractivity contribution in [3.8, 4) is 0 Å². The molecule has 0 aliphatic rings. The molecule has 0 aromatic heterocycles. The standard InChI is InChI=1S/C14H20O2/c1-4-12-5-7-13(8-6-12)14(15)10-16-9-11(2)3/h5-8,11H,4,9-10H2,1-3H3. The van der Waals surface area contributed by atoms with Gasteiger partial charge in [-0.05, 0) is 17.9 Å². The Kier molecular flexibility index (Phi) is 5.20. The van der Waals surface area contributed by atoms with Crippen molar-refractivity contribution < 1.29 is 9.53 Å². The van der Waals surface area contributed by atoms with Crippen LogP contribution in [0.3, 0.4) is 0 Å². The highest BCUT2D eigenvalue weighted by atomic mass is 16.5. The molecule has 0 unspecified atom stereocenters. The van der Waals surface area contributed by atoms with Crippen molar-refractivity contribution in [2.75, 3.05) is 13.2 Å². The van der Waals surface area contributed by atoms with Crippen molar-refractivity contribution in [3.05, 3.63) is 35.4 Å². The fourth-order valence-electron chi connectivity index (χ4n) is 1.40. The average molecular weight is 220 g/mol. The lowest BCUT2D eigenvalue weighted by Crippen LogP contribution is -2.12. The van der Waals surface area contributed by atoms with Crippen molar-refractivity contribution >= 4 is 5.78 Å². The molecule has 88 valence electrons. The van der Waals surface area contributed by atoms with E-state index in [1.807, 2.05) is 24.3 Å². The first-order valence-corrected chi connectivity index (χ1v) is 5.83. The molecule has 0 amide bonds. The summed E-state index contributed by atoms with van der Waals surface area (Å²) in [5.41, 5.74) is 1.99. The molecule has 2 nitrogen and oxygen atoms in total. The third-order valence-electron chi connectivity index (χ3n) is 2.37. The van der Waals surface area contributed by atoms with E-state index in [0.717, 1.165) is 12.0 Å². The van der Waals surface area contributed by atoms with Crippen molar-refractivity contribution in [1.82, 2.24) is 0 Å². The van der Waals surface area contributed by atoms with Crippen LogP contribution in [0.2, 0.25) is 0 Å². The van der Waals surface area contributed by atoms with Crippen LogP contribution in [-0.4, -0.2) is 19.0 Å². The maximum Gasteiger partial charge on any atom is 0.188 e. The molecule has 0 spiro atoms. The second-order valence-corrected chi connectivity index (χ2v) is 4.38. The fourth-order valence-corrected chi connectivity index (χ4v) is 1.40. The summed E-state index contributed by atoms with van der Waals surface area (Å²) in [6, 6.07) is 7.74. The molecule has 1 rings (SSSR count). The van der Waals surface area contributed by atoms with E-state index in [2.05, 4.69) is 20.8 Å². The summed E-state index contributed by atoms with van der Waals surface area (Å²) in [6.45, 7) is 7.06. The van der Waals surface area contributed by atoms with Crippen molar-refractivity contribution in [1.29, 1.82) is 0 Å². The minimum absolute atomic E-state index is 0.0586. The molecule has 0 saturated heterocycles. The number of benzene rings is 1. The number of carbonyl (C=O) groups is 1. The predicted octanol–water partition coefficient (Wildman–Crippen LogP) is 3.10. The van der Waals surface area contributed by atoms with E-state index in [9.17, 15) is 4.79 Å². The SMILES string of the molecule is CCc1ccc(C(=O)COCC(C)C)cc1. The Labute approximate surface area is 97.6 Å². The molecule has 0 atom stereocenters. The zero-order valence-corrected chi connectivity index (χ0v) is 10.3. The third-order valence-corrected chi connectivity index (χ3v) is 2.37. The van der Waals surface area contributed by atoms with Crippen LogP contribution in [-0.2, 0) is 11.2 Å². The molecule has 1 aromatic rings. The molecule has 0 aliphatic carbocycles. The highest BCUT2D eigenvalue weighted by molar-refractivity contribution is 5.97. The number of ether oxygens (including phenoxy) is 1. The number of rotatable bonds is 6. The molecule has 2 heteroatoms. The highest BCUT2D eigenvalue weighted by Gasteiger charge is 2.06. The van der Waals surface area contributed by atoms with E-state index in [0.29, 0.717) is 12.5 Å². The fraction of sp³-hybridized carbons (Fsp3) is 0.500. The molecule has 0 heterocycles. The molecule has 0 fully saturated rings. The molecular formula is C14H20O2. The topological polar surface area (TPSA) is 26.3 Å². The highest BCUT2D eigenvalue weighted by Crippen LogP contribution is 2.06. The Morgan fingerprint density at radius 2 is 1.88 bits per heavy atom. The van der Waals surface area contributed by atoms with Gasteiger partial charge in [0.25, 0.3) is 0 Å². The number of Topliss-reactive ketones (excluding diaryl/α,β-unsaturated/α-hetero) is 1. The van der Waals surface area contributed by atoms with E-state index in [1.165, 1.54) is 5.56 Å². The van der Waals surface area contributed by atoms with Crippen LogP contribution in [0.4, 0.5) is 0 Å². The van der Waals surface area contributed by atoms with E-state index in [1.54, 1.807) is 0 Å². The number of carbonyl (C=O) groups excluding carboxylic acids is 1. The van der Waals surface area contributed by atoms with Crippen LogP contribution < -0.4 is 0 Å². The first kappa shape index (κ1) is 12.9. The van der Waals surface area contributed by atoms with Gasteiger partial charge in [-0.15, -0.1) is 0 Å². The minimum atomic E-state index is 0.0586. The molecule has 0 saturated carbocycles. The molecule has 1 aromatic carbocycles. The number of hydrogen-bond acceptors (Lipinski definition) is 2. The van der Waals surface area contributed by atoms with Crippen molar-refractivity contribution in [3.63, 3.8) is 0 Å². The van der Waals surface area contributed by atoms with Gasteiger partial charge in [0.1, 0.15) is 6.61 Å². The van der Waals surface area contributed by atoms with E-state index >= 15 is 0 Å². The lowest BCUT2D eigenvalue weighted by molar-refractivity contribution is 0.0705. The largest absolute Gasteiger partial charge is 0.373 e. The Morgan fingerprint density at radius 3 is 2.38 bits per heavy atom. The smallest absolute Gasteiger partial charge is 0.188 e. The van der Waals surface area contributed by atoms with Crippen LogP contribution in [0, 0.1) is 5.92 Å². The quantitative estimate of drug-likeness (QED) is 0.689. The van der Waals surface area contributed by atoms with E-state index in [4.69, 9.17) is 4.74 Å². The maximum absolute atomic E-state index is 11.7. The first-order chi connectivity index (χ1) is 7.63. The van der Waals surface area contributed by atoms with Crippen molar-refractivity contribution in [2.24, 2.45) is 5.92 Å². The Hall–Kier alpha value is -1.15. The van der Waals surface area contributed by atoms with Crippen LogP contribution in [0.15, 0.2) is 24.3 Å².